The summed E-state index contributed by atoms with van der Waals surface area (Å²) in [7, 11) is 0. The first-order valence-corrected chi connectivity index (χ1v) is 11.9. The second-order valence-electron chi connectivity index (χ2n) is 9.60. The summed E-state index contributed by atoms with van der Waals surface area (Å²) in [4.78, 5) is 12.8. The fourth-order valence-corrected chi connectivity index (χ4v) is 5.70. The van der Waals surface area contributed by atoms with Crippen LogP contribution in [0.1, 0.15) is 77.6 Å². The van der Waals surface area contributed by atoms with Gasteiger partial charge in [-0.15, -0.1) is 8.44 Å². The molecule has 8 nitrogen and oxygen atoms in total. The average Bonchev–Trinajstić information content (AvgIpc) is 2.72. The molecule has 4 atom stereocenters. The first-order valence-electron chi connectivity index (χ1n) is 10.9. The molecule has 3 rings (SSSR count). The van der Waals surface area contributed by atoms with E-state index in [1.807, 2.05) is 6.92 Å². The van der Waals surface area contributed by atoms with Gasteiger partial charge in [0.1, 0.15) is 40.7 Å². The Morgan fingerprint density at radius 1 is 1.30 bits per heavy atom. The second-order valence-corrected chi connectivity index (χ2v) is 10.0. The van der Waals surface area contributed by atoms with Crippen LogP contribution >= 0.6 is 22.9 Å². The molecule has 3 fully saturated rings. The third-order valence-electron chi connectivity index (χ3n) is 7.47. The predicted octanol–water partition coefficient (Wildman–Crippen LogP) is 3.67. The van der Waals surface area contributed by atoms with Gasteiger partial charge in [0.25, 0.3) is 0 Å². The Morgan fingerprint density at radius 2 is 2.03 bits per heavy atom. The highest BCUT2D eigenvalue weighted by molar-refractivity contribution is 14.1. The molecule has 0 spiro atoms. The molecule has 2 saturated carbocycles. The molecule has 0 amide bonds. The van der Waals surface area contributed by atoms with E-state index in [1.165, 1.54) is 6.42 Å². The van der Waals surface area contributed by atoms with Gasteiger partial charge in [-0.1, -0.05) is 13.3 Å². The summed E-state index contributed by atoms with van der Waals surface area (Å²) in [6.07, 6.45) is 7.58. The fourth-order valence-electron chi connectivity index (χ4n) is 5.45. The van der Waals surface area contributed by atoms with Crippen molar-refractivity contribution >= 4 is 34.7 Å². The first-order chi connectivity index (χ1) is 14.2. The average molecular weight is 536 g/mol. The highest BCUT2D eigenvalue weighted by Crippen LogP contribution is 2.53. The van der Waals surface area contributed by atoms with Crippen LogP contribution in [-0.2, 0) is 9.53 Å². The van der Waals surface area contributed by atoms with Crippen molar-refractivity contribution in [1.82, 2.24) is 5.32 Å². The molecule has 5 N–H and O–H groups in total. The summed E-state index contributed by atoms with van der Waals surface area (Å²) >= 11 is 1.74. The summed E-state index contributed by atoms with van der Waals surface area (Å²) in [6.45, 7) is 2.51. The summed E-state index contributed by atoms with van der Waals surface area (Å²) in [5.74, 6) is 5.43. The van der Waals surface area contributed by atoms with Crippen LogP contribution in [0.25, 0.3) is 0 Å². The Bertz CT molecular complexity index is 688. The number of carbonyl (C=O) groups is 1. The van der Waals surface area contributed by atoms with Crippen LogP contribution in [0.2, 0.25) is 0 Å². The number of nitrogens with two attached hydrogens (primary N) is 2. The number of hydrogen-bond donors (Lipinski definition) is 3. The van der Waals surface area contributed by atoms with Crippen molar-refractivity contribution in [2.24, 2.45) is 30.5 Å². The zero-order chi connectivity index (χ0) is 21.8. The third kappa shape index (κ3) is 5.29. The van der Waals surface area contributed by atoms with E-state index >= 15 is 4.39 Å². The van der Waals surface area contributed by atoms with Crippen LogP contribution in [0.15, 0.2) is 13.5 Å². The molecule has 1 unspecified atom stereocenters. The SMILES string of the molecule is CC12C[C@@H](C(=O)OC3CCCCC3)NC[C@]1(N)CC[C@](F)(CCC(N=NI)=NN)C2. The molecule has 0 radical (unpaired) electrons. The number of esters is 1. The maximum Gasteiger partial charge on any atom is 0.323 e. The summed E-state index contributed by atoms with van der Waals surface area (Å²) in [6, 6.07) is -0.440. The van der Waals surface area contributed by atoms with Gasteiger partial charge in [-0.2, -0.15) is 5.10 Å². The van der Waals surface area contributed by atoms with Gasteiger partial charge in [-0.3, -0.25) is 4.79 Å². The number of hydrogen-bond acceptors (Lipinski definition) is 7. The van der Waals surface area contributed by atoms with Crippen LogP contribution in [-0.4, -0.2) is 41.7 Å². The van der Waals surface area contributed by atoms with Gasteiger partial charge in [0.15, 0.2) is 5.84 Å². The van der Waals surface area contributed by atoms with Gasteiger partial charge < -0.3 is 21.6 Å². The molecule has 0 aromatic heterocycles. The molecule has 1 aliphatic heterocycles. The smallest absolute Gasteiger partial charge is 0.323 e. The van der Waals surface area contributed by atoms with Crippen molar-refractivity contribution in [2.75, 3.05) is 6.54 Å². The predicted molar refractivity (Wildman–Crippen MR) is 122 cm³/mol. The monoisotopic (exact) mass is 536 g/mol. The molecule has 1 saturated heterocycles. The Balaban J connectivity index is 1.65. The lowest BCUT2D eigenvalue weighted by Gasteiger charge is -2.58. The normalized spacial score (nSPS) is 38.4. The Morgan fingerprint density at radius 3 is 2.70 bits per heavy atom. The van der Waals surface area contributed by atoms with Gasteiger partial charge in [-0.25, -0.2) is 4.39 Å². The molecule has 3 aliphatic rings. The molecule has 0 bridgehead atoms. The lowest BCUT2D eigenvalue weighted by Crippen LogP contribution is -2.71. The minimum atomic E-state index is -1.40. The molecular weight excluding hydrogens is 502 g/mol. The fraction of sp³-hybridized carbons (Fsp3) is 0.900. The number of amidine groups is 1. The van der Waals surface area contributed by atoms with E-state index in [2.05, 4.69) is 18.9 Å². The number of fused-ring (bicyclic) bond motifs is 1. The highest BCUT2D eigenvalue weighted by atomic mass is 127. The van der Waals surface area contributed by atoms with Crippen molar-refractivity contribution in [1.29, 1.82) is 0 Å². The van der Waals surface area contributed by atoms with Crippen molar-refractivity contribution < 1.29 is 13.9 Å². The van der Waals surface area contributed by atoms with Crippen LogP contribution in [0, 0.1) is 5.41 Å². The molecule has 10 heteroatoms. The Hall–Kier alpha value is -0.880. The van der Waals surface area contributed by atoms with E-state index in [1.54, 1.807) is 22.9 Å². The number of halogens is 2. The minimum Gasteiger partial charge on any atom is -0.461 e. The van der Waals surface area contributed by atoms with Crippen molar-refractivity contribution in [3.05, 3.63) is 0 Å². The zero-order valence-electron chi connectivity index (χ0n) is 17.7. The van der Waals surface area contributed by atoms with Gasteiger partial charge in [0.2, 0.25) is 0 Å². The maximum absolute atomic E-state index is 15.8. The van der Waals surface area contributed by atoms with Crippen LogP contribution in [0.3, 0.4) is 0 Å². The number of nitrogens with zero attached hydrogens (tertiary/aromatic N) is 3. The molecule has 0 aromatic rings. The summed E-state index contributed by atoms with van der Waals surface area (Å²) < 4.78 is 25.2. The Kier molecular flexibility index (Phi) is 7.71. The quantitative estimate of drug-likeness (QED) is 0.0940. The second kappa shape index (κ2) is 9.72. The Labute approximate surface area is 191 Å². The number of rotatable bonds is 5. The molecule has 0 aromatic carbocycles. The molecule has 1 heterocycles. The van der Waals surface area contributed by atoms with Gasteiger partial charge in [0.05, 0.1) is 0 Å². The molecular formula is C20H34FIN6O2. The third-order valence-corrected chi connectivity index (χ3v) is 7.68. The molecule has 30 heavy (non-hydrogen) atoms. The number of piperidine rings is 1. The summed E-state index contributed by atoms with van der Waals surface area (Å²) in [5, 5.41) is 10.7. The standard InChI is InChI=1S/C20H34FIN6O2/c1-18-11-15(17(29)30-14-5-3-2-4-6-14)25-13-20(18,23)10-9-19(21,12-18)8-7-16(26-24)27-28-22/h14-15,25H,2-13,23-24H2,1H3/t15-,18?,19+,20+/m0/s1. The van der Waals surface area contributed by atoms with E-state index in [-0.39, 0.29) is 18.5 Å². The number of alkyl halides is 1. The van der Waals surface area contributed by atoms with Crippen molar-refractivity contribution in [3.63, 3.8) is 0 Å². The van der Waals surface area contributed by atoms with E-state index < -0.39 is 22.7 Å². The molecule has 170 valence electrons. The summed E-state index contributed by atoms with van der Waals surface area (Å²) in [5.41, 5.74) is 4.29. The van der Waals surface area contributed by atoms with Crippen LogP contribution < -0.4 is 16.9 Å². The largest absolute Gasteiger partial charge is 0.461 e. The van der Waals surface area contributed by atoms with Gasteiger partial charge in [-0.05, 0) is 63.2 Å². The number of ether oxygens (including phenoxy) is 1. The minimum absolute atomic E-state index is 0.0121. The first kappa shape index (κ1) is 23.8. The zero-order valence-corrected chi connectivity index (χ0v) is 19.9. The van der Waals surface area contributed by atoms with Gasteiger partial charge in [0, 0.05) is 18.5 Å². The van der Waals surface area contributed by atoms with Crippen molar-refractivity contribution in [2.45, 2.75) is 101 Å². The maximum atomic E-state index is 15.8. The highest BCUT2D eigenvalue weighted by Gasteiger charge is 2.58. The van der Waals surface area contributed by atoms with E-state index in [0.29, 0.717) is 44.5 Å². The van der Waals surface area contributed by atoms with Gasteiger partial charge >= 0.3 is 5.97 Å². The number of hydrazone groups is 1. The van der Waals surface area contributed by atoms with Crippen LogP contribution in [0.4, 0.5) is 4.39 Å². The lowest BCUT2D eigenvalue weighted by molar-refractivity contribution is -0.158. The molecule has 2 aliphatic carbocycles. The van der Waals surface area contributed by atoms with Crippen LogP contribution in [0.5, 0.6) is 0 Å². The number of nitrogens with one attached hydrogen (secondary N) is 1. The van der Waals surface area contributed by atoms with E-state index in [9.17, 15) is 4.79 Å². The van der Waals surface area contributed by atoms with E-state index in [0.717, 1.165) is 25.7 Å². The van der Waals surface area contributed by atoms with Crippen molar-refractivity contribution in [3.8, 4) is 0 Å². The topological polar surface area (TPSA) is 127 Å². The number of carbonyl (C=O) groups excluding carboxylic acids is 1. The van der Waals surface area contributed by atoms with E-state index in [4.69, 9.17) is 16.3 Å². The lowest BCUT2D eigenvalue weighted by atomic mass is 9.54.